The Morgan fingerprint density at radius 1 is 1.22 bits per heavy atom. The fraction of sp³-hybridized carbons (Fsp3) is 0.250. The van der Waals surface area contributed by atoms with Crippen molar-refractivity contribution >= 4 is 0 Å². The molecule has 92 valence electrons. The molecule has 0 fully saturated rings. The van der Waals surface area contributed by atoms with Gasteiger partial charge in [0.25, 0.3) is 0 Å². The third kappa shape index (κ3) is 2.00. The number of fused-ring (bicyclic) bond motifs is 1. The number of benzene rings is 2. The summed E-state index contributed by atoms with van der Waals surface area (Å²) in [5.74, 6) is 0.826. The molecule has 18 heavy (non-hydrogen) atoms. The second-order valence-corrected chi connectivity index (χ2v) is 4.83. The van der Waals surface area contributed by atoms with Crippen molar-refractivity contribution in [3.05, 3.63) is 64.7 Å². The van der Waals surface area contributed by atoms with Crippen LogP contribution in [0.2, 0.25) is 0 Å². The highest BCUT2D eigenvalue weighted by Gasteiger charge is 2.28. The largest absolute Gasteiger partial charge is 0.489 e. The number of hydrogen-bond acceptors (Lipinski definition) is 2. The maximum Gasteiger partial charge on any atom is 0.126 e. The highest BCUT2D eigenvalue weighted by molar-refractivity contribution is 5.51. The molecule has 1 N–H and O–H groups in total. The van der Waals surface area contributed by atoms with Crippen LogP contribution in [0.15, 0.2) is 42.5 Å². The van der Waals surface area contributed by atoms with E-state index in [4.69, 9.17) is 4.74 Å². The lowest BCUT2D eigenvalue weighted by Crippen LogP contribution is -2.18. The van der Waals surface area contributed by atoms with Crippen LogP contribution in [0.5, 0.6) is 5.75 Å². The number of hydrogen-bond donors (Lipinski definition) is 1. The molecule has 0 aliphatic heterocycles. The first-order chi connectivity index (χ1) is 8.74. The molecule has 2 nitrogen and oxygen atoms in total. The molecule has 0 spiro atoms. The molecule has 1 unspecified atom stereocenters. The van der Waals surface area contributed by atoms with E-state index in [0.29, 0.717) is 6.61 Å². The van der Waals surface area contributed by atoms with Crippen molar-refractivity contribution in [3.63, 3.8) is 0 Å². The molecule has 1 atom stereocenters. The van der Waals surface area contributed by atoms with Crippen molar-refractivity contribution in [2.24, 2.45) is 0 Å². The minimum Gasteiger partial charge on any atom is -0.489 e. The molecule has 0 bridgehead atoms. The van der Waals surface area contributed by atoms with E-state index in [1.54, 1.807) is 0 Å². The molecule has 0 saturated carbocycles. The summed E-state index contributed by atoms with van der Waals surface area (Å²) in [6.45, 7) is 2.60. The summed E-state index contributed by atoms with van der Waals surface area (Å²) in [5.41, 5.74) is 4.51. The zero-order valence-electron chi connectivity index (χ0n) is 10.4. The second-order valence-electron chi connectivity index (χ2n) is 4.83. The highest BCUT2D eigenvalue weighted by Crippen LogP contribution is 2.41. The zero-order chi connectivity index (χ0) is 12.5. The Balaban J connectivity index is 1.81. The maximum atomic E-state index is 9.79. The smallest absolute Gasteiger partial charge is 0.126 e. The first-order valence-electron chi connectivity index (χ1n) is 6.22. The summed E-state index contributed by atoms with van der Waals surface area (Å²) in [7, 11) is 0. The van der Waals surface area contributed by atoms with Crippen molar-refractivity contribution < 1.29 is 9.84 Å². The van der Waals surface area contributed by atoms with E-state index < -0.39 is 0 Å². The van der Waals surface area contributed by atoms with Crippen LogP contribution < -0.4 is 4.74 Å². The van der Waals surface area contributed by atoms with Crippen molar-refractivity contribution in [2.45, 2.75) is 26.1 Å². The lowest BCUT2D eigenvalue weighted by Gasteiger charge is -2.28. The molecule has 2 aromatic carbocycles. The molecular weight excluding hydrogens is 224 g/mol. The number of aliphatic hydroxyl groups is 1. The monoisotopic (exact) mass is 240 g/mol. The third-order valence-electron chi connectivity index (χ3n) is 3.36. The van der Waals surface area contributed by atoms with Gasteiger partial charge in [0, 0.05) is 12.0 Å². The lowest BCUT2D eigenvalue weighted by atomic mass is 9.83. The normalized spacial score (nSPS) is 16.9. The van der Waals surface area contributed by atoms with Crippen molar-refractivity contribution in [3.8, 4) is 5.75 Å². The zero-order valence-corrected chi connectivity index (χ0v) is 10.4. The molecule has 1 aliphatic carbocycles. The van der Waals surface area contributed by atoms with Crippen LogP contribution in [0, 0.1) is 6.92 Å². The fourth-order valence-corrected chi connectivity index (χ4v) is 2.42. The summed E-state index contributed by atoms with van der Waals surface area (Å²) in [4.78, 5) is 0. The van der Waals surface area contributed by atoms with E-state index in [-0.39, 0.29) is 6.10 Å². The van der Waals surface area contributed by atoms with Gasteiger partial charge in [0.2, 0.25) is 0 Å². The van der Waals surface area contributed by atoms with E-state index in [9.17, 15) is 5.11 Å². The van der Waals surface area contributed by atoms with E-state index in [2.05, 4.69) is 13.0 Å². The lowest BCUT2D eigenvalue weighted by molar-refractivity contribution is 0.145. The van der Waals surface area contributed by atoms with Gasteiger partial charge in [-0.3, -0.25) is 0 Å². The molecule has 3 rings (SSSR count). The van der Waals surface area contributed by atoms with E-state index in [0.717, 1.165) is 23.3 Å². The summed E-state index contributed by atoms with van der Waals surface area (Å²) < 4.78 is 5.85. The summed E-state index contributed by atoms with van der Waals surface area (Å²) >= 11 is 0. The molecule has 0 heterocycles. The Hall–Kier alpha value is -1.80. The SMILES string of the molecule is Cc1cc2c(c(OCc3ccccc3)c1)C(O)C2. The van der Waals surface area contributed by atoms with Gasteiger partial charge >= 0.3 is 0 Å². The number of ether oxygens (including phenoxy) is 1. The van der Waals surface area contributed by atoms with Crippen LogP contribution in [0.3, 0.4) is 0 Å². The minimum absolute atomic E-state index is 0.355. The first-order valence-corrected chi connectivity index (χ1v) is 6.22. The van der Waals surface area contributed by atoms with Gasteiger partial charge in [-0.25, -0.2) is 0 Å². The van der Waals surface area contributed by atoms with Crippen molar-refractivity contribution in [1.82, 2.24) is 0 Å². The molecule has 0 radical (unpaired) electrons. The number of rotatable bonds is 3. The van der Waals surface area contributed by atoms with Gasteiger partial charge in [-0.1, -0.05) is 36.4 Å². The summed E-state index contributed by atoms with van der Waals surface area (Å²) in [5, 5.41) is 9.79. The van der Waals surface area contributed by atoms with Crippen LogP contribution in [-0.4, -0.2) is 5.11 Å². The van der Waals surface area contributed by atoms with Gasteiger partial charge in [0.1, 0.15) is 12.4 Å². The average Bonchev–Trinajstić information content (AvgIpc) is 2.36. The molecule has 0 amide bonds. The predicted octanol–water partition coefficient (Wildman–Crippen LogP) is 3.16. The van der Waals surface area contributed by atoms with Crippen LogP contribution in [0.1, 0.15) is 28.4 Å². The molecule has 1 aliphatic rings. The van der Waals surface area contributed by atoms with Crippen LogP contribution in [-0.2, 0) is 13.0 Å². The van der Waals surface area contributed by atoms with E-state index >= 15 is 0 Å². The number of aryl methyl sites for hydroxylation is 1. The molecule has 0 aromatic heterocycles. The standard InChI is InChI=1S/C16H16O2/c1-11-7-13-9-14(17)16(13)15(8-11)18-10-12-5-3-2-4-6-12/h2-8,14,17H,9-10H2,1H3. The van der Waals surface area contributed by atoms with Crippen LogP contribution >= 0.6 is 0 Å². The Kier molecular flexibility index (Phi) is 2.80. The molecule has 2 aromatic rings. The molecule has 2 heteroatoms. The Morgan fingerprint density at radius 3 is 2.72 bits per heavy atom. The van der Waals surface area contributed by atoms with Gasteiger partial charge in [-0.2, -0.15) is 0 Å². The predicted molar refractivity (Wildman–Crippen MR) is 70.6 cm³/mol. The van der Waals surface area contributed by atoms with Crippen molar-refractivity contribution in [1.29, 1.82) is 0 Å². The Bertz CT molecular complexity index is 561. The molecule has 0 saturated heterocycles. The van der Waals surface area contributed by atoms with Crippen LogP contribution in [0.25, 0.3) is 0 Å². The quantitative estimate of drug-likeness (QED) is 0.893. The van der Waals surface area contributed by atoms with Gasteiger partial charge in [-0.15, -0.1) is 0 Å². The topological polar surface area (TPSA) is 29.5 Å². The summed E-state index contributed by atoms with van der Waals surface area (Å²) in [6.07, 6.45) is 0.394. The average molecular weight is 240 g/mol. The van der Waals surface area contributed by atoms with Crippen molar-refractivity contribution in [2.75, 3.05) is 0 Å². The Labute approximate surface area is 107 Å². The Morgan fingerprint density at radius 2 is 2.00 bits per heavy atom. The molecular formula is C16H16O2. The second kappa shape index (κ2) is 4.46. The fourth-order valence-electron chi connectivity index (χ4n) is 2.42. The van der Waals surface area contributed by atoms with Gasteiger partial charge in [0.15, 0.2) is 0 Å². The van der Waals surface area contributed by atoms with Gasteiger partial charge in [0.05, 0.1) is 6.10 Å². The third-order valence-corrected chi connectivity index (χ3v) is 3.36. The summed E-state index contributed by atoms with van der Waals surface area (Å²) in [6, 6.07) is 14.2. The van der Waals surface area contributed by atoms with Gasteiger partial charge in [-0.05, 0) is 29.7 Å². The van der Waals surface area contributed by atoms with Crippen LogP contribution in [0.4, 0.5) is 0 Å². The van der Waals surface area contributed by atoms with E-state index in [1.165, 1.54) is 11.1 Å². The number of aliphatic hydroxyl groups excluding tert-OH is 1. The van der Waals surface area contributed by atoms with E-state index in [1.807, 2.05) is 36.4 Å². The maximum absolute atomic E-state index is 9.79. The first kappa shape index (κ1) is 11.3. The minimum atomic E-state index is -0.355. The van der Waals surface area contributed by atoms with Gasteiger partial charge < -0.3 is 9.84 Å². The highest BCUT2D eigenvalue weighted by atomic mass is 16.5.